The van der Waals surface area contributed by atoms with E-state index in [9.17, 15) is 9.59 Å². The molecule has 1 aliphatic heterocycles. The highest BCUT2D eigenvalue weighted by molar-refractivity contribution is 7.19. The predicted molar refractivity (Wildman–Crippen MR) is 118 cm³/mol. The van der Waals surface area contributed by atoms with Crippen LogP contribution >= 0.6 is 11.3 Å². The van der Waals surface area contributed by atoms with Crippen molar-refractivity contribution in [3.05, 3.63) is 40.4 Å². The molecule has 1 amide bonds. The number of rotatable bonds is 4. The molecule has 0 saturated carbocycles. The van der Waals surface area contributed by atoms with Crippen molar-refractivity contribution in [1.82, 2.24) is 19.7 Å². The minimum atomic E-state index is -0.422. The average molecular weight is 429 g/mol. The minimum Gasteiger partial charge on any atom is -0.389 e. The van der Waals surface area contributed by atoms with Crippen molar-refractivity contribution in [2.45, 2.75) is 25.3 Å². The van der Waals surface area contributed by atoms with E-state index < -0.39 is 5.91 Å². The molecule has 0 aromatic carbocycles. The van der Waals surface area contributed by atoms with Crippen LogP contribution in [0.1, 0.15) is 29.8 Å². The van der Waals surface area contributed by atoms with Crippen LogP contribution in [0.25, 0.3) is 10.7 Å². The molecule has 6 N–H and O–H groups in total. The number of aromatic nitrogens is 4. The van der Waals surface area contributed by atoms with Crippen molar-refractivity contribution in [3.63, 3.8) is 0 Å². The number of nitrogens with one attached hydrogen (secondary N) is 2. The number of thiazole rings is 1. The third-order valence-corrected chi connectivity index (χ3v) is 6.01. The van der Waals surface area contributed by atoms with Gasteiger partial charge in [-0.25, -0.2) is 4.98 Å². The van der Waals surface area contributed by atoms with Crippen LogP contribution in [0.4, 0.5) is 16.5 Å². The number of nitrogens with two attached hydrogens (primary N) is 2. The third-order valence-electron chi connectivity index (χ3n) is 5.10. The molecule has 1 aliphatic rings. The van der Waals surface area contributed by atoms with Gasteiger partial charge >= 0.3 is 0 Å². The highest BCUT2D eigenvalue weighted by atomic mass is 32.1. The van der Waals surface area contributed by atoms with Crippen LogP contribution in [0, 0.1) is 0 Å². The lowest BCUT2D eigenvalue weighted by Gasteiger charge is -2.24. The Morgan fingerprint density at radius 2 is 2.17 bits per heavy atom. The maximum absolute atomic E-state index is 12.9. The highest BCUT2D eigenvalue weighted by Crippen LogP contribution is 2.31. The maximum atomic E-state index is 12.9. The first-order valence-electron chi connectivity index (χ1n) is 9.72. The molecule has 3 aromatic heterocycles. The molecular formula is C19H24N8O2S. The van der Waals surface area contributed by atoms with Gasteiger partial charge in [-0.05, 0) is 25.3 Å². The molecule has 1 fully saturated rings. The van der Waals surface area contributed by atoms with Gasteiger partial charge in [0.2, 0.25) is 5.56 Å². The van der Waals surface area contributed by atoms with Gasteiger partial charge < -0.3 is 26.7 Å². The summed E-state index contributed by atoms with van der Waals surface area (Å²) in [5, 5.41) is 7.96. The van der Waals surface area contributed by atoms with Crippen molar-refractivity contribution in [2.24, 2.45) is 12.8 Å². The molecule has 0 spiro atoms. The number of hydrogen-bond donors (Lipinski definition) is 4. The number of nitrogen functional groups attached to an aromatic ring is 1. The lowest BCUT2D eigenvalue weighted by Crippen LogP contribution is -2.29. The molecule has 30 heavy (non-hydrogen) atoms. The Morgan fingerprint density at radius 3 is 2.97 bits per heavy atom. The normalized spacial score (nSPS) is 17.0. The van der Waals surface area contributed by atoms with Gasteiger partial charge in [-0.1, -0.05) is 17.4 Å². The zero-order valence-corrected chi connectivity index (χ0v) is 17.4. The average Bonchev–Trinajstić information content (AvgIpc) is 3.20. The Morgan fingerprint density at radius 1 is 1.33 bits per heavy atom. The Hall–Kier alpha value is -3.18. The Labute approximate surface area is 176 Å². The number of carbonyl (C=O) groups is 1. The van der Waals surface area contributed by atoms with Crippen LogP contribution in [0.15, 0.2) is 29.2 Å². The van der Waals surface area contributed by atoms with Gasteiger partial charge in [-0.15, -0.1) is 0 Å². The van der Waals surface area contributed by atoms with Crippen molar-refractivity contribution < 1.29 is 4.79 Å². The monoisotopic (exact) mass is 428 g/mol. The van der Waals surface area contributed by atoms with Gasteiger partial charge in [0.25, 0.3) is 5.91 Å². The summed E-state index contributed by atoms with van der Waals surface area (Å²) in [6.45, 7) is 1.65. The van der Waals surface area contributed by atoms with E-state index in [1.54, 1.807) is 23.0 Å². The first-order chi connectivity index (χ1) is 14.4. The third kappa shape index (κ3) is 4.07. The molecule has 10 nitrogen and oxygen atoms in total. The number of aryl methyl sites for hydroxylation is 1. The smallest absolute Gasteiger partial charge is 0.277 e. The molecule has 0 aliphatic carbocycles. The van der Waals surface area contributed by atoms with Gasteiger partial charge in [0.05, 0.1) is 11.9 Å². The number of carbonyl (C=O) groups excluding carboxylic acids is 1. The summed E-state index contributed by atoms with van der Waals surface area (Å²) in [6, 6.07) is 4.94. The van der Waals surface area contributed by atoms with Crippen LogP contribution in [-0.2, 0) is 7.05 Å². The zero-order chi connectivity index (χ0) is 21.3. The fraction of sp³-hybridized carbons (Fsp3) is 0.368. The van der Waals surface area contributed by atoms with Crippen molar-refractivity contribution in [1.29, 1.82) is 0 Å². The molecular weight excluding hydrogens is 404 g/mol. The van der Waals surface area contributed by atoms with E-state index in [0.29, 0.717) is 16.4 Å². The SMILES string of the molecule is Cn1ncc(NC(=O)c2nc(-c3cccc(=O)[nH]3)sc2N)c1N1CCCC(N)CC1. The first kappa shape index (κ1) is 20.1. The molecule has 1 atom stereocenters. The molecule has 4 heterocycles. The van der Waals surface area contributed by atoms with Crippen LogP contribution in [-0.4, -0.2) is 44.8 Å². The zero-order valence-electron chi connectivity index (χ0n) is 16.6. The lowest BCUT2D eigenvalue weighted by atomic mass is 10.1. The van der Waals surface area contributed by atoms with E-state index in [1.165, 1.54) is 6.07 Å². The van der Waals surface area contributed by atoms with E-state index in [4.69, 9.17) is 11.5 Å². The van der Waals surface area contributed by atoms with E-state index >= 15 is 0 Å². The summed E-state index contributed by atoms with van der Waals surface area (Å²) in [6.07, 6.45) is 4.47. The van der Waals surface area contributed by atoms with Crippen LogP contribution < -0.4 is 27.2 Å². The number of aromatic amines is 1. The quantitative estimate of drug-likeness (QED) is 0.491. The second-order valence-electron chi connectivity index (χ2n) is 7.30. The summed E-state index contributed by atoms with van der Waals surface area (Å²) >= 11 is 1.15. The minimum absolute atomic E-state index is 0.118. The Kier molecular flexibility index (Phi) is 5.55. The maximum Gasteiger partial charge on any atom is 0.277 e. The topological polar surface area (TPSA) is 148 Å². The summed E-state index contributed by atoms with van der Waals surface area (Å²) in [7, 11) is 1.84. The summed E-state index contributed by atoms with van der Waals surface area (Å²) < 4.78 is 1.75. The number of pyridine rings is 1. The molecule has 0 radical (unpaired) electrons. The first-order valence-corrected chi connectivity index (χ1v) is 10.5. The van der Waals surface area contributed by atoms with E-state index in [0.717, 1.165) is 49.5 Å². The van der Waals surface area contributed by atoms with Gasteiger partial charge in [0.15, 0.2) is 11.5 Å². The number of nitrogens with zero attached hydrogens (tertiary/aromatic N) is 4. The van der Waals surface area contributed by atoms with E-state index in [1.807, 2.05) is 7.05 Å². The number of anilines is 3. The van der Waals surface area contributed by atoms with E-state index in [2.05, 4.69) is 25.3 Å². The summed E-state index contributed by atoms with van der Waals surface area (Å²) in [5.41, 5.74) is 13.1. The molecule has 4 rings (SSSR count). The fourth-order valence-electron chi connectivity index (χ4n) is 3.59. The molecule has 11 heteroatoms. The number of H-pyrrole nitrogens is 1. The van der Waals surface area contributed by atoms with Crippen molar-refractivity contribution >= 4 is 33.8 Å². The van der Waals surface area contributed by atoms with Gasteiger partial charge in [-0.2, -0.15) is 5.10 Å². The molecule has 1 unspecified atom stereocenters. The van der Waals surface area contributed by atoms with Gasteiger partial charge in [0, 0.05) is 32.2 Å². The van der Waals surface area contributed by atoms with Gasteiger partial charge in [-0.3, -0.25) is 14.3 Å². The Balaban J connectivity index is 1.57. The van der Waals surface area contributed by atoms with Gasteiger partial charge in [0.1, 0.15) is 15.7 Å². The van der Waals surface area contributed by atoms with Crippen LogP contribution in [0.5, 0.6) is 0 Å². The number of amides is 1. The molecule has 0 bridgehead atoms. The predicted octanol–water partition coefficient (Wildman–Crippen LogP) is 1.38. The van der Waals surface area contributed by atoms with Crippen LogP contribution in [0.3, 0.4) is 0 Å². The van der Waals surface area contributed by atoms with Crippen molar-refractivity contribution in [2.75, 3.05) is 29.0 Å². The standard InChI is InChI=1S/C19H24N8O2S/c1-26-19(27-8-3-4-11(20)7-9-27)13(10-22-26)24-17(29)15-16(21)30-18(25-15)12-5-2-6-14(28)23-12/h2,5-6,10-11H,3-4,7-9,20-21H2,1H3,(H,23,28)(H,24,29). The number of hydrogen-bond acceptors (Lipinski definition) is 8. The second kappa shape index (κ2) is 8.28. The summed E-state index contributed by atoms with van der Waals surface area (Å²) in [4.78, 5) is 33.7. The fourth-order valence-corrected chi connectivity index (χ4v) is 4.40. The van der Waals surface area contributed by atoms with E-state index in [-0.39, 0.29) is 22.3 Å². The van der Waals surface area contributed by atoms with Crippen LogP contribution in [0.2, 0.25) is 0 Å². The summed E-state index contributed by atoms with van der Waals surface area (Å²) in [5.74, 6) is 0.410. The largest absolute Gasteiger partial charge is 0.389 e. The van der Waals surface area contributed by atoms with Crippen molar-refractivity contribution in [3.8, 4) is 10.7 Å². The molecule has 3 aromatic rings. The highest BCUT2D eigenvalue weighted by Gasteiger charge is 2.24. The molecule has 1 saturated heterocycles. The second-order valence-corrected chi connectivity index (χ2v) is 8.33. The molecule has 158 valence electrons. The Bertz CT molecular complexity index is 1120. The lowest BCUT2D eigenvalue weighted by molar-refractivity contribution is 0.102.